The van der Waals surface area contributed by atoms with E-state index in [1.165, 1.54) is 16.7 Å². The molecule has 0 bridgehead atoms. The summed E-state index contributed by atoms with van der Waals surface area (Å²) in [6.07, 6.45) is 4.03. The number of hydrogen-bond donors (Lipinski definition) is 2. The number of fused-ring (bicyclic) bond motifs is 1. The van der Waals surface area contributed by atoms with Crippen molar-refractivity contribution >= 4 is 29.9 Å². The summed E-state index contributed by atoms with van der Waals surface area (Å²) < 4.78 is 11.2. The lowest BCUT2D eigenvalue weighted by atomic mass is 9.74. The topological polar surface area (TPSA) is 54.9 Å². The molecule has 30 heavy (non-hydrogen) atoms. The first-order chi connectivity index (χ1) is 14.3. The number of benzene rings is 2. The molecule has 0 radical (unpaired) electrons. The second kappa shape index (κ2) is 11.0. The van der Waals surface area contributed by atoms with Gasteiger partial charge in [-0.3, -0.25) is 4.99 Å². The summed E-state index contributed by atoms with van der Waals surface area (Å²) in [6, 6.07) is 17.3. The average molecular weight is 521 g/mol. The van der Waals surface area contributed by atoms with Gasteiger partial charge in [0.1, 0.15) is 5.75 Å². The lowest BCUT2D eigenvalue weighted by molar-refractivity contribution is 0.0514. The molecule has 2 aliphatic rings. The number of halogens is 1. The summed E-state index contributed by atoms with van der Waals surface area (Å²) in [4.78, 5) is 4.43. The van der Waals surface area contributed by atoms with Crippen LogP contribution in [0.15, 0.2) is 53.5 Å². The Morgan fingerprint density at radius 1 is 1.03 bits per heavy atom. The standard InChI is InChI=1S/C24H31N3O2.HI/c1-25-23(26-13-9-19-7-8-22-20(17-19)10-14-29-22)27-18-24(11-15-28-16-12-24)21-5-3-2-4-6-21;/h2-8,17H,9-16,18H2,1H3,(H2,25,26,27);1H. The smallest absolute Gasteiger partial charge is 0.191 e. The van der Waals surface area contributed by atoms with Gasteiger partial charge in [-0.2, -0.15) is 0 Å². The molecule has 2 aliphatic heterocycles. The van der Waals surface area contributed by atoms with Gasteiger partial charge in [-0.1, -0.05) is 42.5 Å². The number of rotatable bonds is 6. The molecule has 0 amide bonds. The first kappa shape index (κ1) is 22.9. The molecule has 2 N–H and O–H groups in total. The predicted molar refractivity (Wildman–Crippen MR) is 132 cm³/mol. The van der Waals surface area contributed by atoms with Crippen LogP contribution in [0.25, 0.3) is 0 Å². The minimum Gasteiger partial charge on any atom is -0.493 e. The third-order valence-corrected chi connectivity index (χ3v) is 6.11. The molecule has 4 rings (SSSR count). The van der Waals surface area contributed by atoms with Gasteiger partial charge in [0.25, 0.3) is 0 Å². The van der Waals surface area contributed by atoms with Crippen molar-refractivity contribution in [3.05, 3.63) is 65.2 Å². The van der Waals surface area contributed by atoms with Crippen LogP contribution in [-0.4, -0.2) is 45.9 Å². The van der Waals surface area contributed by atoms with Gasteiger partial charge in [-0.05, 0) is 42.0 Å². The van der Waals surface area contributed by atoms with Crippen molar-refractivity contribution in [1.29, 1.82) is 0 Å². The van der Waals surface area contributed by atoms with Gasteiger partial charge in [0, 0.05) is 45.2 Å². The molecule has 1 fully saturated rings. The summed E-state index contributed by atoms with van der Waals surface area (Å²) in [5.41, 5.74) is 4.14. The normalized spacial score (nSPS) is 17.4. The molecule has 0 aliphatic carbocycles. The van der Waals surface area contributed by atoms with Crippen LogP contribution in [-0.2, 0) is 23.0 Å². The van der Waals surface area contributed by atoms with E-state index in [1.54, 1.807) is 0 Å². The highest BCUT2D eigenvalue weighted by Gasteiger charge is 2.34. The van der Waals surface area contributed by atoms with Crippen LogP contribution >= 0.6 is 24.0 Å². The van der Waals surface area contributed by atoms with Crippen LogP contribution in [0.3, 0.4) is 0 Å². The van der Waals surface area contributed by atoms with Gasteiger partial charge in [0.15, 0.2) is 5.96 Å². The SMILES string of the molecule is CN=C(NCCc1ccc2c(c1)CCO2)NCC1(c2ccccc2)CCOCC1.I. The van der Waals surface area contributed by atoms with E-state index in [9.17, 15) is 0 Å². The van der Waals surface area contributed by atoms with Gasteiger partial charge in [-0.25, -0.2) is 0 Å². The summed E-state index contributed by atoms with van der Waals surface area (Å²) in [5, 5.41) is 7.04. The molecule has 0 atom stereocenters. The third-order valence-electron chi connectivity index (χ3n) is 6.11. The van der Waals surface area contributed by atoms with Crippen LogP contribution in [0.4, 0.5) is 0 Å². The van der Waals surface area contributed by atoms with E-state index in [0.29, 0.717) is 0 Å². The maximum Gasteiger partial charge on any atom is 0.191 e. The van der Waals surface area contributed by atoms with E-state index in [-0.39, 0.29) is 29.4 Å². The van der Waals surface area contributed by atoms with Crippen molar-refractivity contribution in [3.8, 4) is 5.75 Å². The Labute approximate surface area is 196 Å². The zero-order valence-electron chi connectivity index (χ0n) is 17.7. The minimum absolute atomic E-state index is 0. The summed E-state index contributed by atoms with van der Waals surface area (Å²) in [6.45, 7) is 4.13. The number of hydrogen-bond acceptors (Lipinski definition) is 3. The van der Waals surface area contributed by atoms with Crippen LogP contribution in [0.2, 0.25) is 0 Å². The molecule has 2 aromatic rings. The lowest BCUT2D eigenvalue weighted by Gasteiger charge is -2.38. The second-order valence-electron chi connectivity index (χ2n) is 7.90. The Morgan fingerprint density at radius 2 is 1.83 bits per heavy atom. The molecule has 0 spiro atoms. The van der Waals surface area contributed by atoms with Gasteiger partial charge in [0.05, 0.1) is 6.61 Å². The Kier molecular flexibility index (Phi) is 8.39. The molecule has 2 heterocycles. The molecule has 5 nitrogen and oxygen atoms in total. The van der Waals surface area contributed by atoms with E-state index in [2.05, 4.69) is 64.2 Å². The quantitative estimate of drug-likeness (QED) is 0.346. The first-order valence-electron chi connectivity index (χ1n) is 10.6. The van der Waals surface area contributed by atoms with Crippen molar-refractivity contribution in [3.63, 3.8) is 0 Å². The van der Waals surface area contributed by atoms with Gasteiger partial charge in [-0.15, -0.1) is 24.0 Å². The number of guanidine groups is 1. The fraction of sp³-hybridized carbons (Fsp3) is 0.458. The largest absolute Gasteiger partial charge is 0.493 e. The number of ether oxygens (including phenoxy) is 2. The van der Waals surface area contributed by atoms with E-state index in [1.807, 2.05) is 7.05 Å². The van der Waals surface area contributed by atoms with Crippen molar-refractivity contribution in [2.24, 2.45) is 4.99 Å². The zero-order valence-corrected chi connectivity index (χ0v) is 20.0. The van der Waals surface area contributed by atoms with E-state index >= 15 is 0 Å². The van der Waals surface area contributed by atoms with Crippen LogP contribution < -0.4 is 15.4 Å². The molecule has 0 saturated carbocycles. The van der Waals surface area contributed by atoms with Crippen molar-refractivity contribution in [2.75, 3.05) is 40.0 Å². The highest BCUT2D eigenvalue weighted by Crippen LogP contribution is 2.34. The van der Waals surface area contributed by atoms with Crippen LogP contribution in [0.1, 0.15) is 29.5 Å². The number of aliphatic imine (C=N–C) groups is 1. The number of nitrogens with zero attached hydrogens (tertiary/aromatic N) is 1. The van der Waals surface area contributed by atoms with Gasteiger partial charge < -0.3 is 20.1 Å². The van der Waals surface area contributed by atoms with Crippen LogP contribution in [0, 0.1) is 0 Å². The molecule has 0 aromatic heterocycles. The highest BCUT2D eigenvalue weighted by molar-refractivity contribution is 14.0. The average Bonchev–Trinajstić information content (AvgIpc) is 3.25. The van der Waals surface area contributed by atoms with Crippen molar-refractivity contribution in [2.45, 2.75) is 31.1 Å². The molecule has 162 valence electrons. The Balaban J connectivity index is 0.00000256. The lowest BCUT2D eigenvalue weighted by Crippen LogP contribution is -2.48. The Bertz CT molecular complexity index is 836. The fourth-order valence-corrected chi connectivity index (χ4v) is 4.32. The molecular weight excluding hydrogens is 489 g/mol. The number of nitrogens with one attached hydrogen (secondary N) is 2. The maximum absolute atomic E-state index is 5.64. The Morgan fingerprint density at radius 3 is 2.60 bits per heavy atom. The van der Waals surface area contributed by atoms with Gasteiger partial charge >= 0.3 is 0 Å². The van der Waals surface area contributed by atoms with Gasteiger partial charge in [0.2, 0.25) is 0 Å². The van der Waals surface area contributed by atoms with E-state index in [0.717, 1.165) is 70.3 Å². The Hall–Kier alpha value is -1.80. The van der Waals surface area contributed by atoms with Crippen molar-refractivity contribution in [1.82, 2.24) is 10.6 Å². The summed E-state index contributed by atoms with van der Waals surface area (Å²) >= 11 is 0. The molecule has 1 saturated heterocycles. The van der Waals surface area contributed by atoms with Crippen molar-refractivity contribution < 1.29 is 9.47 Å². The first-order valence-corrected chi connectivity index (χ1v) is 10.6. The van der Waals surface area contributed by atoms with E-state index < -0.39 is 0 Å². The highest BCUT2D eigenvalue weighted by atomic mass is 127. The molecule has 0 unspecified atom stereocenters. The second-order valence-corrected chi connectivity index (χ2v) is 7.90. The fourth-order valence-electron chi connectivity index (χ4n) is 4.32. The summed E-state index contributed by atoms with van der Waals surface area (Å²) in [7, 11) is 1.83. The summed E-state index contributed by atoms with van der Waals surface area (Å²) in [5.74, 6) is 1.90. The maximum atomic E-state index is 5.64. The minimum atomic E-state index is 0. The zero-order chi connectivity index (χ0) is 19.9. The predicted octanol–water partition coefficient (Wildman–Crippen LogP) is 3.70. The van der Waals surface area contributed by atoms with E-state index in [4.69, 9.17) is 9.47 Å². The van der Waals surface area contributed by atoms with Crippen LogP contribution in [0.5, 0.6) is 5.75 Å². The monoisotopic (exact) mass is 521 g/mol. The molecular formula is C24H32IN3O2. The molecule has 2 aromatic carbocycles. The third kappa shape index (κ3) is 5.46. The molecule has 6 heteroatoms.